The van der Waals surface area contributed by atoms with Crippen molar-refractivity contribution in [2.75, 3.05) is 13.7 Å². The molecule has 1 aromatic heterocycles. The highest BCUT2D eigenvalue weighted by Crippen LogP contribution is 2.37. The number of rotatable bonds is 5. The summed E-state index contributed by atoms with van der Waals surface area (Å²) < 4.78 is 10.1. The number of nitrogens with one attached hydrogen (secondary N) is 1. The summed E-state index contributed by atoms with van der Waals surface area (Å²) in [7, 11) is 1.99. The molecule has 0 fully saturated rings. The van der Waals surface area contributed by atoms with Crippen LogP contribution < -0.4 is 10.1 Å². The number of hydrogen-bond donors (Lipinski definition) is 1. The van der Waals surface area contributed by atoms with Gasteiger partial charge in [0.05, 0.1) is 23.2 Å². The van der Waals surface area contributed by atoms with Crippen LogP contribution in [0.25, 0.3) is 0 Å². The highest BCUT2D eigenvalue weighted by molar-refractivity contribution is 7.05. The van der Waals surface area contributed by atoms with Crippen molar-refractivity contribution in [1.82, 2.24) is 14.9 Å². The van der Waals surface area contributed by atoms with E-state index in [0.29, 0.717) is 0 Å². The Bertz CT molecular complexity index is 611. The summed E-state index contributed by atoms with van der Waals surface area (Å²) in [6.07, 6.45) is 4.25. The molecule has 0 spiro atoms. The van der Waals surface area contributed by atoms with Gasteiger partial charge in [0.1, 0.15) is 5.75 Å². The van der Waals surface area contributed by atoms with Crippen molar-refractivity contribution in [3.8, 4) is 5.75 Å². The predicted octanol–water partition coefficient (Wildman–Crippen LogP) is 3.12. The first-order chi connectivity index (χ1) is 10.3. The smallest absolute Gasteiger partial charge is 0.127 e. The highest BCUT2D eigenvalue weighted by atomic mass is 32.1. The molecule has 21 heavy (non-hydrogen) atoms. The van der Waals surface area contributed by atoms with Crippen molar-refractivity contribution in [3.05, 3.63) is 39.9 Å². The van der Waals surface area contributed by atoms with Gasteiger partial charge in [0.25, 0.3) is 0 Å². The molecule has 1 aliphatic heterocycles. The standard InChI is InChI=1S/C16H21N3OS/c1-3-6-13-16(21-19-18-13)14(17-2)12-9-4-7-11-8-5-10-20-15(11)12/h4,7,9,14,17H,3,5-6,8,10H2,1-2H3. The zero-order valence-electron chi connectivity index (χ0n) is 12.6. The molecule has 0 amide bonds. The number of aryl methyl sites for hydroxylation is 2. The lowest BCUT2D eigenvalue weighted by Crippen LogP contribution is -2.21. The molecular weight excluding hydrogens is 282 g/mol. The third-order valence-corrected chi connectivity index (χ3v) is 4.73. The van der Waals surface area contributed by atoms with Gasteiger partial charge in [-0.25, -0.2) is 0 Å². The maximum atomic E-state index is 5.96. The quantitative estimate of drug-likeness (QED) is 0.922. The molecule has 4 nitrogen and oxygen atoms in total. The minimum atomic E-state index is 0.111. The minimum absolute atomic E-state index is 0.111. The molecule has 1 unspecified atom stereocenters. The van der Waals surface area contributed by atoms with Crippen LogP contribution in [0.3, 0.4) is 0 Å². The molecule has 5 heteroatoms. The molecule has 1 N–H and O–H groups in total. The fraction of sp³-hybridized carbons (Fsp3) is 0.500. The zero-order valence-corrected chi connectivity index (χ0v) is 13.4. The van der Waals surface area contributed by atoms with Gasteiger partial charge >= 0.3 is 0 Å². The number of fused-ring (bicyclic) bond motifs is 1. The van der Waals surface area contributed by atoms with Gasteiger partial charge in [0, 0.05) is 5.56 Å². The van der Waals surface area contributed by atoms with E-state index in [1.807, 2.05) is 7.05 Å². The summed E-state index contributed by atoms with van der Waals surface area (Å²) in [5.74, 6) is 1.05. The summed E-state index contributed by atoms with van der Waals surface area (Å²) in [6, 6.07) is 6.56. The lowest BCUT2D eigenvalue weighted by atomic mass is 9.96. The Labute approximate surface area is 129 Å². The summed E-state index contributed by atoms with van der Waals surface area (Å²) in [5, 5.41) is 7.72. The zero-order chi connectivity index (χ0) is 14.7. The van der Waals surface area contributed by atoms with Crippen LogP contribution in [-0.4, -0.2) is 23.2 Å². The molecule has 1 atom stereocenters. The van der Waals surface area contributed by atoms with Crippen molar-refractivity contribution < 1.29 is 4.74 Å². The molecule has 1 aromatic carbocycles. The summed E-state index contributed by atoms with van der Waals surface area (Å²) in [4.78, 5) is 1.21. The molecule has 1 aliphatic rings. The number of hydrogen-bond acceptors (Lipinski definition) is 5. The third kappa shape index (κ3) is 2.80. The molecule has 0 bridgehead atoms. The molecule has 2 heterocycles. The molecule has 3 rings (SSSR count). The van der Waals surface area contributed by atoms with E-state index < -0.39 is 0 Å². The maximum absolute atomic E-state index is 5.96. The Morgan fingerprint density at radius 2 is 2.33 bits per heavy atom. The normalized spacial score (nSPS) is 15.3. The fourth-order valence-electron chi connectivity index (χ4n) is 2.91. The topological polar surface area (TPSA) is 47.0 Å². The van der Waals surface area contributed by atoms with Crippen molar-refractivity contribution in [1.29, 1.82) is 0 Å². The Hall–Kier alpha value is -1.46. The fourth-order valence-corrected chi connectivity index (χ4v) is 3.74. The van der Waals surface area contributed by atoms with Gasteiger partial charge in [0.15, 0.2) is 0 Å². The van der Waals surface area contributed by atoms with Gasteiger partial charge in [-0.2, -0.15) is 0 Å². The van der Waals surface area contributed by atoms with Gasteiger partial charge in [-0.3, -0.25) is 0 Å². The van der Waals surface area contributed by atoms with E-state index in [2.05, 4.69) is 40.0 Å². The predicted molar refractivity (Wildman–Crippen MR) is 85.1 cm³/mol. The number of ether oxygens (including phenoxy) is 1. The Balaban J connectivity index is 2.02. The average Bonchev–Trinajstić information content (AvgIpc) is 2.97. The van der Waals surface area contributed by atoms with Gasteiger partial charge in [-0.15, -0.1) is 5.10 Å². The van der Waals surface area contributed by atoms with Crippen LogP contribution in [0.5, 0.6) is 5.75 Å². The second-order valence-corrected chi connectivity index (χ2v) is 6.13. The average molecular weight is 303 g/mol. The molecule has 0 saturated carbocycles. The molecular formula is C16H21N3OS. The van der Waals surface area contributed by atoms with Gasteiger partial charge in [-0.1, -0.05) is 36.0 Å². The van der Waals surface area contributed by atoms with Gasteiger partial charge in [-0.05, 0) is 43.4 Å². The minimum Gasteiger partial charge on any atom is -0.493 e. The number of para-hydroxylation sites is 1. The Morgan fingerprint density at radius 3 is 3.14 bits per heavy atom. The molecule has 112 valence electrons. The van der Waals surface area contributed by atoms with Crippen LogP contribution in [-0.2, 0) is 12.8 Å². The van der Waals surface area contributed by atoms with E-state index >= 15 is 0 Å². The van der Waals surface area contributed by atoms with Crippen LogP contribution in [0.4, 0.5) is 0 Å². The number of nitrogens with zero attached hydrogens (tertiary/aromatic N) is 2. The number of benzene rings is 1. The summed E-state index contributed by atoms with van der Waals surface area (Å²) in [5.41, 5.74) is 3.63. The van der Waals surface area contributed by atoms with Crippen LogP contribution in [0.1, 0.15) is 47.5 Å². The van der Waals surface area contributed by atoms with E-state index in [0.717, 1.165) is 43.7 Å². The number of aromatic nitrogens is 2. The third-order valence-electron chi connectivity index (χ3n) is 3.90. The van der Waals surface area contributed by atoms with E-state index in [1.165, 1.54) is 27.5 Å². The summed E-state index contributed by atoms with van der Waals surface area (Å²) in [6.45, 7) is 2.98. The Kier molecular flexibility index (Phi) is 4.51. The maximum Gasteiger partial charge on any atom is 0.127 e. The second kappa shape index (κ2) is 6.54. The van der Waals surface area contributed by atoms with Crippen LogP contribution in [0.15, 0.2) is 18.2 Å². The highest BCUT2D eigenvalue weighted by Gasteiger charge is 2.25. The molecule has 0 aliphatic carbocycles. The van der Waals surface area contributed by atoms with Crippen molar-refractivity contribution in [2.45, 2.75) is 38.6 Å². The second-order valence-electron chi connectivity index (χ2n) is 5.34. The van der Waals surface area contributed by atoms with Crippen molar-refractivity contribution >= 4 is 11.5 Å². The monoisotopic (exact) mass is 303 g/mol. The van der Waals surface area contributed by atoms with Gasteiger partial charge in [0.2, 0.25) is 0 Å². The first-order valence-electron chi connectivity index (χ1n) is 7.58. The molecule has 0 radical (unpaired) electrons. The van der Waals surface area contributed by atoms with E-state index in [4.69, 9.17) is 4.74 Å². The summed E-state index contributed by atoms with van der Waals surface area (Å²) >= 11 is 1.49. The Morgan fingerprint density at radius 1 is 1.43 bits per heavy atom. The van der Waals surface area contributed by atoms with E-state index in [9.17, 15) is 0 Å². The van der Waals surface area contributed by atoms with E-state index in [-0.39, 0.29) is 6.04 Å². The molecule has 2 aromatic rings. The lowest BCUT2D eigenvalue weighted by molar-refractivity contribution is 0.283. The first-order valence-corrected chi connectivity index (χ1v) is 8.35. The first kappa shape index (κ1) is 14.5. The van der Waals surface area contributed by atoms with Crippen LogP contribution >= 0.6 is 11.5 Å². The van der Waals surface area contributed by atoms with Crippen molar-refractivity contribution in [3.63, 3.8) is 0 Å². The van der Waals surface area contributed by atoms with Crippen LogP contribution in [0, 0.1) is 0 Å². The van der Waals surface area contributed by atoms with Crippen LogP contribution in [0.2, 0.25) is 0 Å². The van der Waals surface area contributed by atoms with Crippen molar-refractivity contribution in [2.24, 2.45) is 0 Å². The lowest BCUT2D eigenvalue weighted by Gasteiger charge is -2.24. The van der Waals surface area contributed by atoms with E-state index in [1.54, 1.807) is 0 Å². The molecule has 0 saturated heterocycles. The SMILES string of the molecule is CCCc1nnsc1C(NC)c1cccc2c1OCCC2. The largest absolute Gasteiger partial charge is 0.493 e. The van der Waals surface area contributed by atoms with Gasteiger partial charge < -0.3 is 10.1 Å².